The third kappa shape index (κ3) is 3.01. The van der Waals surface area contributed by atoms with E-state index in [4.69, 9.17) is 32.7 Å². The highest BCUT2D eigenvalue weighted by Crippen LogP contribution is 2.33. The molecule has 1 aromatic carbocycles. The average molecular weight is 249 g/mol. The zero-order valence-electron chi connectivity index (χ0n) is 8.34. The van der Waals surface area contributed by atoms with Crippen molar-refractivity contribution in [3.05, 3.63) is 22.7 Å². The molecule has 0 atom stereocenters. The van der Waals surface area contributed by atoms with E-state index in [9.17, 15) is 4.79 Å². The lowest BCUT2D eigenvalue weighted by Gasteiger charge is -2.10. The third-order valence-electron chi connectivity index (χ3n) is 1.88. The van der Waals surface area contributed by atoms with Gasteiger partial charge in [-0.1, -0.05) is 11.6 Å². The summed E-state index contributed by atoms with van der Waals surface area (Å²) in [6.45, 7) is 0. The quantitative estimate of drug-likeness (QED) is 0.769. The van der Waals surface area contributed by atoms with Crippen molar-refractivity contribution in [1.82, 2.24) is 0 Å². The van der Waals surface area contributed by atoms with Gasteiger partial charge in [-0.25, -0.2) is 0 Å². The number of methoxy groups -OCH3 is 2. The van der Waals surface area contributed by atoms with Gasteiger partial charge in [0.1, 0.15) is 0 Å². The Bertz CT molecular complexity index is 377. The zero-order valence-corrected chi connectivity index (χ0v) is 9.85. The molecule has 5 heteroatoms. The Morgan fingerprint density at radius 2 is 1.80 bits per heavy atom. The molecule has 1 aromatic rings. The van der Waals surface area contributed by atoms with Crippen molar-refractivity contribution < 1.29 is 14.3 Å². The van der Waals surface area contributed by atoms with Gasteiger partial charge in [-0.15, -0.1) is 0 Å². The summed E-state index contributed by atoms with van der Waals surface area (Å²) >= 11 is 11.2. The summed E-state index contributed by atoms with van der Waals surface area (Å²) in [5, 5.41) is -0.0363. The molecule has 0 fully saturated rings. The summed E-state index contributed by atoms with van der Waals surface area (Å²) in [5.41, 5.74) is 0.620. The highest BCUT2D eigenvalue weighted by molar-refractivity contribution is 6.63. The van der Waals surface area contributed by atoms with Gasteiger partial charge in [-0.3, -0.25) is 4.79 Å². The van der Waals surface area contributed by atoms with Crippen molar-refractivity contribution in [3.8, 4) is 11.5 Å². The van der Waals surface area contributed by atoms with E-state index >= 15 is 0 Å². The van der Waals surface area contributed by atoms with Gasteiger partial charge in [-0.05, 0) is 23.2 Å². The standard InChI is InChI=1S/C10H10Cl2O3/c1-14-8-3-6(4-10(12)13)7(11)5-9(8)15-2/h3,5H,4H2,1-2H3. The third-order valence-corrected chi connectivity index (χ3v) is 2.37. The molecule has 0 saturated carbocycles. The maximum atomic E-state index is 10.8. The predicted molar refractivity (Wildman–Crippen MR) is 59.1 cm³/mol. The van der Waals surface area contributed by atoms with Crippen LogP contribution in [-0.4, -0.2) is 19.5 Å². The number of hydrogen-bond acceptors (Lipinski definition) is 3. The van der Waals surface area contributed by atoms with E-state index < -0.39 is 5.24 Å². The number of carbonyl (C=O) groups excluding carboxylic acids is 1. The van der Waals surface area contributed by atoms with Crippen LogP contribution in [0.1, 0.15) is 5.56 Å². The van der Waals surface area contributed by atoms with Crippen LogP contribution in [0.2, 0.25) is 5.02 Å². The first kappa shape index (κ1) is 12.1. The molecular weight excluding hydrogens is 239 g/mol. The molecule has 0 aliphatic rings. The van der Waals surface area contributed by atoms with E-state index in [0.29, 0.717) is 22.1 Å². The van der Waals surface area contributed by atoms with Gasteiger partial charge >= 0.3 is 0 Å². The Kier molecular flexibility index (Phi) is 4.24. The van der Waals surface area contributed by atoms with Crippen LogP contribution < -0.4 is 9.47 Å². The largest absolute Gasteiger partial charge is 0.493 e. The Balaban J connectivity index is 3.13. The maximum Gasteiger partial charge on any atom is 0.226 e. The number of rotatable bonds is 4. The van der Waals surface area contributed by atoms with Gasteiger partial charge in [0.25, 0.3) is 0 Å². The Morgan fingerprint density at radius 3 is 2.27 bits per heavy atom. The first-order valence-corrected chi connectivity index (χ1v) is 4.92. The van der Waals surface area contributed by atoms with Crippen LogP contribution in [0.5, 0.6) is 11.5 Å². The number of hydrogen-bond donors (Lipinski definition) is 0. The van der Waals surface area contributed by atoms with Crippen LogP contribution in [0.15, 0.2) is 12.1 Å². The highest BCUT2D eigenvalue weighted by atomic mass is 35.5. The average Bonchev–Trinajstić information content (AvgIpc) is 2.19. The molecule has 3 nitrogen and oxygen atoms in total. The molecule has 0 saturated heterocycles. The van der Waals surface area contributed by atoms with Crippen molar-refractivity contribution >= 4 is 28.4 Å². The van der Waals surface area contributed by atoms with Gasteiger partial charge in [0.2, 0.25) is 5.24 Å². The van der Waals surface area contributed by atoms with Crippen molar-refractivity contribution in [3.63, 3.8) is 0 Å². The second-order valence-electron chi connectivity index (χ2n) is 2.83. The van der Waals surface area contributed by atoms with Crippen LogP contribution in [-0.2, 0) is 11.2 Å². The predicted octanol–water partition coefficient (Wildman–Crippen LogP) is 2.67. The topological polar surface area (TPSA) is 35.5 Å². The fourth-order valence-corrected chi connectivity index (χ4v) is 1.55. The van der Waals surface area contributed by atoms with E-state index in [1.807, 2.05) is 0 Å². The van der Waals surface area contributed by atoms with E-state index in [2.05, 4.69) is 0 Å². The number of halogens is 2. The van der Waals surface area contributed by atoms with Gasteiger partial charge in [0.15, 0.2) is 11.5 Å². The molecular formula is C10H10Cl2O3. The van der Waals surface area contributed by atoms with Gasteiger partial charge in [0.05, 0.1) is 14.2 Å². The molecule has 0 unspecified atom stereocenters. The molecule has 1 rings (SSSR count). The minimum absolute atomic E-state index is 0.0702. The van der Waals surface area contributed by atoms with E-state index in [-0.39, 0.29) is 6.42 Å². The van der Waals surface area contributed by atoms with Crippen molar-refractivity contribution in [2.45, 2.75) is 6.42 Å². The SMILES string of the molecule is COc1cc(Cl)c(CC(=O)Cl)cc1OC. The number of ether oxygens (including phenoxy) is 2. The van der Waals surface area contributed by atoms with Crippen LogP contribution in [0.4, 0.5) is 0 Å². The summed E-state index contributed by atoms with van der Waals surface area (Å²) in [4.78, 5) is 10.8. The second kappa shape index (κ2) is 5.24. The maximum absolute atomic E-state index is 10.8. The molecule has 82 valence electrons. The fraction of sp³-hybridized carbons (Fsp3) is 0.300. The minimum Gasteiger partial charge on any atom is -0.493 e. The Hall–Kier alpha value is -0.930. The molecule has 0 aliphatic heterocycles. The summed E-state index contributed by atoms with van der Waals surface area (Å²) in [7, 11) is 3.03. The fourth-order valence-electron chi connectivity index (χ4n) is 1.18. The normalized spacial score (nSPS) is 9.87. The monoisotopic (exact) mass is 248 g/mol. The Labute approximate surface area is 97.9 Å². The first-order valence-electron chi connectivity index (χ1n) is 4.17. The number of benzene rings is 1. The van der Waals surface area contributed by atoms with Crippen molar-refractivity contribution in [2.75, 3.05) is 14.2 Å². The molecule has 0 spiro atoms. The van der Waals surface area contributed by atoms with E-state index in [1.165, 1.54) is 14.2 Å². The van der Waals surface area contributed by atoms with Crippen LogP contribution in [0, 0.1) is 0 Å². The summed E-state index contributed by atoms with van der Waals surface area (Å²) < 4.78 is 10.1. The second-order valence-corrected chi connectivity index (χ2v) is 3.66. The lowest BCUT2D eigenvalue weighted by Crippen LogP contribution is -1.97. The lowest BCUT2D eigenvalue weighted by molar-refractivity contribution is -0.111. The molecule has 15 heavy (non-hydrogen) atoms. The molecule has 0 radical (unpaired) electrons. The summed E-state index contributed by atoms with van der Waals surface area (Å²) in [5.74, 6) is 1.04. The van der Waals surface area contributed by atoms with Crippen LogP contribution >= 0.6 is 23.2 Å². The molecule has 0 heterocycles. The van der Waals surface area contributed by atoms with Crippen LogP contribution in [0.25, 0.3) is 0 Å². The Morgan fingerprint density at radius 1 is 1.27 bits per heavy atom. The van der Waals surface area contributed by atoms with E-state index in [0.717, 1.165) is 0 Å². The first-order chi connectivity index (χ1) is 7.08. The van der Waals surface area contributed by atoms with Crippen molar-refractivity contribution in [2.24, 2.45) is 0 Å². The van der Waals surface area contributed by atoms with E-state index in [1.54, 1.807) is 12.1 Å². The lowest BCUT2D eigenvalue weighted by atomic mass is 10.1. The van der Waals surface area contributed by atoms with Gasteiger partial charge in [0, 0.05) is 17.5 Å². The summed E-state index contributed by atoms with van der Waals surface area (Å²) in [6, 6.07) is 3.23. The molecule has 0 amide bonds. The van der Waals surface area contributed by atoms with Gasteiger partial charge < -0.3 is 9.47 Å². The molecule has 0 N–H and O–H groups in total. The summed E-state index contributed by atoms with van der Waals surface area (Å²) in [6.07, 6.45) is 0.0702. The minimum atomic E-state index is -0.468. The van der Waals surface area contributed by atoms with Gasteiger partial charge in [-0.2, -0.15) is 0 Å². The molecule has 0 aromatic heterocycles. The number of carbonyl (C=O) groups is 1. The molecule has 0 bridgehead atoms. The van der Waals surface area contributed by atoms with Crippen molar-refractivity contribution in [1.29, 1.82) is 0 Å². The zero-order chi connectivity index (χ0) is 11.4. The highest BCUT2D eigenvalue weighted by Gasteiger charge is 2.11. The smallest absolute Gasteiger partial charge is 0.226 e. The molecule has 0 aliphatic carbocycles. The van der Waals surface area contributed by atoms with Crippen LogP contribution in [0.3, 0.4) is 0 Å².